The number of carbonyl (C=O) groups is 1. The standard InChI is InChI=1S/C22H18BrN5O2/c1-12-5-15(10-24-21(12)30)14-7-18(26-13(2)29)9-19(8-14)27-22-25-11-16-6-17(23)3-4-20(16)28-22/h3-11H,1-2H3,(H,24,30)(H,26,29)(H,25,27,28). The molecule has 4 aromatic rings. The number of nitrogens with one attached hydrogen (secondary N) is 3. The number of aromatic nitrogens is 3. The Morgan fingerprint density at radius 1 is 1.07 bits per heavy atom. The minimum absolute atomic E-state index is 0.133. The van der Waals surface area contributed by atoms with Crippen molar-refractivity contribution in [1.82, 2.24) is 15.0 Å². The minimum Gasteiger partial charge on any atom is -0.328 e. The van der Waals surface area contributed by atoms with E-state index in [1.807, 2.05) is 30.3 Å². The van der Waals surface area contributed by atoms with Gasteiger partial charge in [-0.1, -0.05) is 15.9 Å². The molecule has 7 nitrogen and oxygen atoms in total. The lowest BCUT2D eigenvalue weighted by Crippen LogP contribution is -2.09. The van der Waals surface area contributed by atoms with Gasteiger partial charge in [-0.25, -0.2) is 9.97 Å². The largest absolute Gasteiger partial charge is 0.328 e. The third-order valence-electron chi connectivity index (χ3n) is 4.47. The molecule has 0 spiro atoms. The number of rotatable bonds is 4. The van der Waals surface area contributed by atoms with Crippen LogP contribution in [0.2, 0.25) is 0 Å². The van der Waals surface area contributed by atoms with Crippen molar-refractivity contribution < 1.29 is 4.79 Å². The summed E-state index contributed by atoms with van der Waals surface area (Å²) in [6.07, 6.45) is 3.40. The van der Waals surface area contributed by atoms with E-state index in [2.05, 4.69) is 41.5 Å². The number of fused-ring (bicyclic) bond motifs is 1. The summed E-state index contributed by atoms with van der Waals surface area (Å²) in [5.41, 5.74) is 4.26. The zero-order chi connectivity index (χ0) is 21.3. The molecule has 8 heteroatoms. The van der Waals surface area contributed by atoms with Crippen LogP contribution in [0.25, 0.3) is 22.0 Å². The minimum atomic E-state index is -0.178. The number of anilines is 3. The lowest BCUT2D eigenvalue weighted by Gasteiger charge is -2.12. The number of carbonyl (C=O) groups excluding carboxylic acids is 1. The van der Waals surface area contributed by atoms with Crippen molar-refractivity contribution in [3.8, 4) is 11.1 Å². The van der Waals surface area contributed by atoms with Gasteiger partial charge in [0, 0.05) is 46.1 Å². The molecule has 0 atom stereocenters. The first-order chi connectivity index (χ1) is 14.4. The van der Waals surface area contributed by atoms with Gasteiger partial charge in [0.1, 0.15) is 0 Å². The van der Waals surface area contributed by atoms with Crippen molar-refractivity contribution in [3.05, 3.63) is 75.2 Å². The van der Waals surface area contributed by atoms with E-state index in [9.17, 15) is 9.59 Å². The lowest BCUT2D eigenvalue weighted by atomic mass is 10.0. The van der Waals surface area contributed by atoms with Gasteiger partial charge in [0.2, 0.25) is 11.9 Å². The van der Waals surface area contributed by atoms with Crippen LogP contribution in [0, 0.1) is 6.92 Å². The highest BCUT2D eigenvalue weighted by atomic mass is 79.9. The number of hydrogen-bond acceptors (Lipinski definition) is 5. The topological polar surface area (TPSA) is 99.8 Å². The molecule has 1 amide bonds. The molecule has 0 unspecified atom stereocenters. The lowest BCUT2D eigenvalue weighted by molar-refractivity contribution is -0.114. The Morgan fingerprint density at radius 3 is 2.63 bits per heavy atom. The smallest absolute Gasteiger partial charge is 0.250 e. The highest BCUT2D eigenvalue weighted by Crippen LogP contribution is 2.29. The van der Waals surface area contributed by atoms with Crippen LogP contribution in [0.1, 0.15) is 12.5 Å². The van der Waals surface area contributed by atoms with Crippen LogP contribution < -0.4 is 16.2 Å². The second-order valence-corrected chi connectivity index (χ2v) is 7.82. The first-order valence-electron chi connectivity index (χ1n) is 9.19. The van der Waals surface area contributed by atoms with Crippen LogP contribution in [0.3, 0.4) is 0 Å². The predicted molar refractivity (Wildman–Crippen MR) is 122 cm³/mol. The van der Waals surface area contributed by atoms with Crippen molar-refractivity contribution in [2.75, 3.05) is 10.6 Å². The van der Waals surface area contributed by atoms with E-state index in [4.69, 9.17) is 0 Å². The van der Waals surface area contributed by atoms with E-state index in [-0.39, 0.29) is 11.5 Å². The van der Waals surface area contributed by atoms with Gasteiger partial charge in [-0.2, -0.15) is 0 Å². The molecule has 0 saturated carbocycles. The maximum Gasteiger partial charge on any atom is 0.250 e. The fourth-order valence-corrected chi connectivity index (χ4v) is 3.48. The van der Waals surface area contributed by atoms with Gasteiger partial charge in [-0.05, 0) is 60.5 Å². The van der Waals surface area contributed by atoms with Gasteiger partial charge in [0.15, 0.2) is 0 Å². The molecule has 0 aliphatic rings. The van der Waals surface area contributed by atoms with E-state index >= 15 is 0 Å². The maximum absolute atomic E-state index is 11.7. The molecule has 0 aliphatic heterocycles. The number of benzene rings is 2. The van der Waals surface area contributed by atoms with Gasteiger partial charge in [-0.15, -0.1) is 0 Å². The molecule has 0 radical (unpaired) electrons. The fraction of sp³-hybridized carbons (Fsp3) is 0.0909. The average molecular weight is 464 g/mol. The summed E-state index contributed by atoms with van der Waals surface area (Å²) in [6, 6.07) is 13.2. The molecule has 4 rings (SSSR count). The SMILES string of the molecule is CC(=O)Nc1cc(Nc2ncc3cc(Br)ccc3n2)cc(-c2c[nH]c(=O)c(C)c2)c1. The van der Waals surface area contributed by atoms with Gasteiger partial charge in [0.25, 0.3) is 5.56 Å². The van der Waals surface area contributed by atoms with Crippen LogP contribution >= 0.6 is 15.9 Å². The van der Waals surface area contributed by atoms with Crippen LogP contribution in [0.5, 0.6) is 0 Å². The number of amides is 1. The fourth-order valence-electron chi connectivity index (χ4n) is 3.10. The molecule has 2 aromatic heterocycles. The number of hydrogen-bond donors (Lipinski definition) is 3. The normalized spacial score (nSPS) is 10.8. The van der Waals surface area contributed by atoms with E-state index in [0.717, 1.165) is 26.5 Å². The summed E-state index contributed by atoms with van der Waals surface area (Å²) in [5.74, 6) is 0.261. The summed E-state index contributed by atoms with van der Waals surface area (Å²) in [4.78, 5) is 35.0. The molecule has 0 bridgehead atoms. The molecule has 0 aliphatic carbocycles. The predicted octanol–water partition coefficient (Wildman–Crippen LogP) is 4.76. The monoisotopic (exact) mass is 463 g/mol. The van der Waals surface area contributed by atoms with Crippen molar-refractivity contribution in [2.24, 2.45) is 0 Å². The number of nitrogens with zero attached hydrogens (tertiary/aromatic N) is 2. The quantitative estimate of drug-likeness (QED) is 0.405. The molecule has 2 aromatic carbocycles. The second kappa shape index (κ2) is 8.08. The van der Waals surface area contributed by atoms with Gasteiger partial charge in [-0.3, -0.25) is 9.59 Å². The van der Waals surface area contributed by atoms with Crippen molar-refractivity contribution in [1.29, 1.82) is 0 Å². The van der Waals surface area contributed by atoms with Crippen LogP contribution in [-0.4, -0.2) is 20.9 Å². The second-order valence-electron chi connectivity index (χ2n) is 6.90. The van der Waals surface area contributed by atoms with Crippen LogP contribution in [0.4, 0.5) is 17.3 Å². The number of halogens is 1. The molecule has 150 valence electrons. The Hall–Kier alpha value is -3.52. The zero-order valence-corrected chi connectivity index (χ0v) is 17.9. The summed E-state index contributed by atoms with van der Waals surface area (Å²) in [6.45, 7) is 3.20. The summed E-state index contributed by atoms with van der Waals surface area (Å²) in [5, 5.41) is 6.93. The van der Waals surface area contributed by atoms with E-state index < -0.39 is 0 Å². The highest BCUT2D eigenvalue weighted by molar-refractivity contribution is 9.10. The Labute approximate surface area is 180 Å². The van der Waals surface area contributed by atoms with Crippen molar-refractivity contribution in [2.45, 2.75) is 13.8 Å². The Morgan fingerprint density at radius 2 is 1.87 bits per heavy atom. The van der Waals surface area contributed by atoms with Crippen LogP contribution in [-0.2, 0) is 4.79 Å². The number of aromatic amines is 1. The first kappa shape index (κ1) is 19.8. The van der Waals surface area contributed by atoms with E-state index in [1.165, 1.54) is 6.92 Å². The van der Waals surface area contributed by atoms with E-state index in [1.54, 1.807) is 31.5 Å². The number of aryl methyl sites for hydroxylation is 1. The molecule has 3 N–H and O–H groups in total. The highest BCUT2D eigenvalue weighted by Gasteiger charge is 2.08. The summed E-state index contributed by atoms with van der Waals surface area (Å²) < 4.78 is 0.961. The first-order valence-corrected chi connectivity index (χ1v) is 9.98. The maximum atomic E-state index is 11.7. The van der Waals surface area contributed by atoms with Gasteiger partial charge >= 0.3 is 0 Å². The Balaban J connectivity index is 1.74. The summed E-state index contributed by atoms with van der Waals surface area (Å²) in [7, 11) is 0. The molecule has 0 fully saturated rings. The molecular weight excluding hydrogens is 446 g/mol. The molecule has 2 heterocycles. The van der Waals surface area contributed by atoms with Crippen LogP contribution in [0.15, 0.2) is 64.1 Å². The van der Waals surface area contributed by atoms with Gasteiger partial charge < -0.3 is 15.6 Å². The summed E-state index contributed by atoms with van der Waals surface area (Å²) >= 11 is 3.44. The molecule has 0 saturated heterocycles. The van der Waals surface area contributed by atoms with Crippen molar-refractivity contribution >= 4 is 50.1 Å². The third kappa shape index (κ3) is 4.38. The molecular formula is C22H18BrN5O2. The third-order valence-corrected chi connectivity index (χ3v) is 4.97. The van der Waals surface area contributed by atoms with Gasteiger partial charge in [0.05, 0.1) is 5.52 Å². The Kier molecular flexibility index (Phi) is 5.33. The number of H-pyrrole nitrogens is 1. The zero-order valence-electron chi connectivity index (χ0n) is 16.3. The van der Waals surface area contributed by atoms with Crippen molar-refractivity contribution in [3.63, 3.8) is 0 Å². The van der Waals surface area contributed by atoms with E-state index in [0.29, 0.717) is 22.9 Å². The Bertz CT molecular complexity index is 1330. The average Bonchev–Trinajstić information content (AvgIpc) is 2.69. The molecule has 30 heavy (non-hydrogen) atoms. The number of pyridine rings is 1.